The van der Waals surface area contributed by atoms with Crippen LogP contribution in [0.4, 0.5) is 5.69 Å². The van der Waals surface area contributed by atoms with Gasteiger partial charge in [-0.15, -0.1) is 0 Å². The summed E-state index contributed by atoms with van der Waals surface area (Å²) in [6.07, 6.45) is 1.83. The summed E-state index contributed by atoms with van der Waals surface area (Å²) in [4.78, 5) is 27.5. The number of benzene rings is 2. The molecule has 2 amide bonds. The van der Waals surface area contributed by atoms with Crippen molar-refractivity contribution in [1.29, 1.82) is 0 Å². The second-order valence-corrected chi connectivity index (χ2v) is 10.5. The van der Waals surface area contributed by atoms with Crippen LogP contribution in [0.2, 0.25) is 0 Å². The first kappa shape index (κ1) is 25.9. The number of rotatable bonds is 10. The summed E-state index contributed by atoms with van der Waals surface area (Å²) in [5, 5.41) is 2.82. The van der Waals surface area contributed by atoms with E-state index in [-0.39, 0.29) is 12.5 Å². The van der Waals surface area contributed by atoms with Gasteiger partial charge in [0.25, 0.3) is 0 Å². The van der Waals surface area contributed by atoms with Crippen molar-refractivity contribution in [2.75, 3.05) is 23.7 Å². The SMILES string of the molecule is CCCNC(=O)[C@H](C)N(Cc1ccccc1C)C(=O)CN(c1cccc(Br)c1)S(C)(=O)=O. The highest BCUT2D eigenvalue weighted by Gasteiger charge is 2.30. The Morgan fingerprint density at radius 3 is 2.41 bits per heavy atom. The smallest absolute Gasteiger partial charge is 0.244 e. The van der Waals surface area contributed by atoms with Gasteiger partial charge in [0.2, 0.25) is 21.8 Å². The second-order valence-electron chi connectivity index (χ2n) is 7.66. The molecule has 0 heterocycles. The van der Waals surface area contributed by atoms with Gasteiger partial charge in [-0.25, -0.2) is 8.42 Å². The average molecular weight is 524 g/mol. The van der Waals surface area contributed by atoms with Gasteiger partial charge in [-0.1, -0.05) is 53.2 Å². The number of hydrogen-bond donors (Lipinski definition) is 1. The molecular weight excluding hydrogens is 494 g/mol. The van der Waals surface area contributed by atoms with Crippen LogP contribution in [-0.2, 0) is 26.2 Å². The molecule has 0 aliphatic heterocycles. The van der Waals surface area contributed by atoms with E-state index in [1.54, 1.807) is 31.2 Å². The number of carbonyl (C=O) groups is 2. The number of amides is 2. The number of sulfonamides is 1. The standard InChI is InChI=1S/C23H30BrN3O4S/c1-5-13-25-23(29)18(3)26(15-19-10-7-6-9-17(19)2)22(28)16-27(32(4,30)31)21-12-8-11-20(24)14-21/h6-12,14,18H,5,13,15-16H2,1-4H3,(H,25,29)/t18-/m0/s1. The molecule has 0 fully saturated rings. The van der Waals surface area contributed by atoms with Crippen LogP contribution >= 0.6 is 15.9 Å². The number of aryl methyl sites for hydroxylation is 1. The number of anilines is 1. The summed E-state index contributed by atoms with van der Waals surface area (Å²) < 4.78 is 26.8. The molecular formula is C23H30BrN3O4S. The fourth-order valence-electron chi connectivity index (χ4n) is 3.19. The van der Waals surface area contributed by atoms with Crippen LogP contribution in [0.5, 0.6) is 0 Å². The first-order valence-corrected chi connectivity index (χ1v) is 13.0. The van der Waals surface area contributed by atoms with Gasteiger partial charge < -0.3 is 10.2 Å². The van der Waals surface area contributed by atoms with Crippen LogP contribution in [0, 0.1) is 6.92 Å². The zero-order chi connectivity index (χ0) is 23.9. The predicted octanol–water partition coefficient (Wildman–Crippen LogP) is 3.47. The van der Waals surface area contributed by atoms with Gasteiger partial charge in [0, 0.05) is 17.6 Å². The summed E-state index contributed by atoms with van der Waals surface area (Å²) in [6.45, 7) is 5.83. The minimum atomic E-state index is -3.74. The van der Waals surface area contributed by atoms with E-state index >= 15 is 0 Å². The van der Waals surface area contributed by atoms with Crippen molar-refractivity contribution in [2.45, 2.75) is 39.8 Å². The van der Waals surface area contributed by atoms with Crippen molar-refractivity contribution >= 4 is 43.5 Å². The molecule has 0 radical (unpaired) electrons. The molecule has 1 N–H and O–H groups in total. The lowest BCUT2D eigenvalue weighted by Gasteiger charge is -2.32. The highest BCUT2D eigenvalue weighted by molar-refractivity contribution is 9.10. The third-order valence-corrected chi connectivity index (χ3v) is 6.73. The van der Waals surface area contributed by atoms with Gasteiger partial charge in [0.05, 0.1) is 11.9 Å². The number of carbonyl (C=O) groups excluding carboxylic acids is 2. The van der Waals surface area contributed by atoms with E-state index in [9.17, 15) is 18.0 Å². The summed E-state index contributed by atoms with van der Waals surface area (Å²) >= 11 is 3.34. The Bertz CT molecular complexity index is 1060. The maximum atomic E-state index is 13.4. The highest BCUT2D eigenvalue weighted by Crippen LogP contribution is 2.23. The number of hydrogen-bond acceptors (Lipinski definition) is 4. The molecule has 0 aliphatic rings. The molecule has 0 unspecified atom stereocenters. The van der Waals surface area contributed by atoms with Crippen LogP contribution in [0.1, 0.15) is 31.4 Å². The predicted molar refractivity (Wildman–Crippen MR) is 131 cm³/mol. The van der Waals surface area contributed by atoms with Gasteiger partial charge in [0.1, 0.15) is 12.6 Å². The summed E-state index contributed by atoms with van der Waals surface area (Å²) in [5.74, 6) is -0.736. The van der Waals surface area contributed by atoms with E-state index in [0.29, 0.717) is 16.7 Å². The molecule has 2 aromatic carbocycles. The summed E-state index contributed by atoms with van der Waals surface area (Å²) in [6, 6.07) is 13.6. The van der Waals surface area contributed by atoms with E-state index in [1.807, 2.05) is 38.1 Å². The van der Waals surface area contributed by atoms with Crippen molar-refractivity contribution in [3.8, 4) is 0 Å². The summed E-state index contributed by atoms with van der Waals surface area (Å²) in [7, 11) is -3.74. The molecule has 0 bridgehead atoms. The largest absolute Gasteiger partial charge is 0.354 e. The molecule has 32 heavy (non-hydrogen) atoms. The van der Waals surface area contributed by atoms with Crippen LogP contribution in [0.3, 0.4) is 0 Å². The Balaban J connectivity index is 2.38. The quantitative estimate of drug-likeness (QED) is 0.516. The van der Waals surface area contributed by atoms with Gasteiger partial charge >= 0.3 is 0 Å². The fourth-order valence-corrected chi connectivity index (χ4v) is 4.42. The van der Waals surface area contributed by atoms with Crippen LogP contribution in [0.15, 0.2) is 53.0 Å². The van der Waals surface area contributed by atoms with E-state index in [4.69, 9.17) is 0 Å². The van der Waals surface area contributed by atoms with E-state index < -0.39 is 28.5 Å². The number of nitrogens with one attached hydrogen (secondary N) is 1. The monoisotopic (exact) mass is 523 g/mol. The normalized spacial score (nSPS) is 12.2. The zero-order valence-corrected chi connectivity index (χ0v) is 21.2. The topological polar surface area (TPSA) is 86.8 Å². The Morgan fingerprint density at radius 1 is 1.12 bits per heavy atom. The van der Waals surface area contributed by atoms with Gasteiger partial charge in [-0.3, -0.25) is 13.9 Å². The third kappa shape index (κ3) is 7.06. The summed E-state index contributed by atoms with van der Waals surface area (Å²) in [5.41, 5.74) is 2.25. The van der Waals surface area contributed by atoms with Crippen LogP contribution in [-0.4, -0.2) is 50.5 Å². The first-order valence-electron chi connectivity index (χ1n) is 10.4. The Labute approximate surface area is 199 Å². The van der Waals surface area contributed by atoms with E-state index in [0.717, 1.165) is 28.1 Å². The Morgan fingerprint density at radius 2 is 1.81 bits per heavy atom. The minimum Gasteiger partial charge on any atom is -0.354 e. The first-order chi connectivity index (χ1) is 15.0. The number of halogens is 1. The zero-order valence-electron chi connectivity index (χ0n) is 18.8. The molecule has 2 aromatic rings. The average Bonchev–Trinajstić information content (AvgIpc) is 2.73. The van der Waals surface area contributed by atoms with Crippen molar-refractivity contribution in [2.24, 2.45) is 0 Å². The fraction of sp³-hybridized carbons (Fsp3) is 0.391. The molecule has 1 atom stereocenters. The minimum absolute atomic E-state index is 0.197. The van der Waals surface area contributed by atoms with E-state index in [1.165, 1.54) is 4.90 Å². The van der Waals surface area contributed by atoms with Crippen molar-refractivity contribution in [1.82, 2.24) is 10.2 Å². The maximum Gasteiger partial charge on any atom is 0.244 e. The molecule has 0 saturated heterocycles. The molecule has 0 aliphatic carbocycles. The third-order valence-electron chi connectivity index (χ3n) is 5.09. The van der Waals surface area contributed by atoms with Crippen molar-refractivity contribution in [3.05, 3.63) is 64.1 Å². The molecule has 0 aromatic heterocycles. The van der Waals surface area contributed by atoms with Gasteiger partial charge in [0.15, 0.2) is 0 Å². The van der Waals surface area contributed by atoms with Crippen LogP contribution in [0.25, 0.3) is 0 Å². The van der Waals surface area contributed by atoms with Crippen molar-refractivity contribution in [3.63, 3.8) is 0 Å². The highest BCUT2D eigenvalue weighted by atomic mass is 79.9. The lowest BCUT2D eigenvalue weighted by atomic mass is 10.1. The van der Waals surface area contributed by atoms with Crippen molar-refractivity contribution < 1.29 is 18.0 Å². The molecule has 7 nitrogen and oxygen atoms in total. The maximum absolute atomic E-state index is 13.4. The van der Waals surface area contributed by atoms with Gasteiger partial charge in [-0.05, 0) is 49.6 Å². The number of nitrogens with zero attached hydrogens (tertiary/aromatic N) is 2. The lowest BCUT2D eigenvalue weighted by Crippen LogP contribution is -2.51. The molecule has 0 spiro atoms. The van der Waals surface area contributed by atoms with Crippen LogP contribution < -0.4 is 9.62 Å². The lowest BCUT2D eigenvalue weighted by molar-refractivity contribution is -0.139. The van der Waals surface area contributed by atoms with E-state index in [2.05, 4.69) is 21.2 Å². The molecule has 0 saturated carbocycles. The van der Waals surface area contributed by atoms with Gasteiger partial charge in [-0.2, -0.15) is 0 Å². The Hall–Kier alpha value is -2.39. The molecule has 2 rings (SSSR count). The second kappa shape index (κ2) is 11.5. The molecule has 9 heteroatoms. The Kier molecular flexibility index (Phi) is 9.27. The molecule has 174 valence electrons.